The molecule has 3 heterocycles. The number of rotatable bonds is 5. The Morgan fingerprint density at radius 2 is 1.94 bits per heavy atom. The first-order valence-corrected chi connectivity index (χ1v) is 10.9. The average molecular weight is 496 g/mol. The van der Waals surface area contributed by atoms with E-state index in [0.29, 0.717) is 27.4 Å². The second-order valence-electron chi connectivity index (χ2n) is 7.39. The van der Waals surface area contributed by atoms with Crippen molar-refractivity contribution in [3.63, 3.8) is 0 Å². The molecule has 4 aromatic rings. The predicted octanol–water partition coefficient (Wildman–Crippen LogP) is 5.33. The SMILES string of the molecule is CCOC(=O)c1cnc(Nc2ncc3c(n2)-c2ccc(Cl)cc2C(c2c(F)cccc2F)=NC3)o1. The number of hydrogen-bond acceptors (Lipinski definition) is 8. The molecule has 0 saturated heterocycles. The molecule has 0 spiro atoms. The quantitative estimate of drug-likeness (QED) is 0.373. The Morgan fingerprint density at radius 3 is 2.71 bits per heavy atom. The third-order valence-electron chi connectivity index (χ3n) is 5.16. The Balaban J connectivity index is 1.55. The van der Waals surface area contributed by atoms with Crippen molar-refractivity contribution in [1.82, 2.24) is 15.0 Å². The molecule has 0 aliphatic carbocycles. The summed E-state index contributed by atoms with van der Waals surface area (Å²) in [5.74, 6) is -2.08. The summed E-state index contributed by atoms with van der Waals surface area (Å²) in [6.07, 6.45) is 2.77. The van der Waals surface area contributed by atoms with Crippen molar-refractivity contribution in [3.8, 4) is 11.3 Å². The lowest BCUT2D eigenvalue weighted by atomic mass is 9.95. The molecule has 0 radical (unpaired) electrons. The topological polar surface area (TPSA) is 102 Å². The van der Waals surface area contributed by atoms with E-state index in [9.17, 15) is 13.6 Å². The second kappa shape index (κ2) is 9.22. The summed E-state index contributed by atoms with van der Waals surface area (Å²) in [5.41, 5.74) is 1.98. The normalized spacial score (nSPS) is 12.3. The van der Waals surface area contributed by atoms with Gasteiger partial charge in [-0.05, 0) is 31.2 Å². The number of nitrogens with one attached hydrogen (secondary N) is 1. The zero-order chi connectivity index (χ0) is 24.5. The van der Waals surface area contributed by atoms with Crippen LogP contribution in [-0.2, 0) is 11.3 Å². The maximum absolute atomic E-state index is 14.7. The lowest BCUT2D eigenvalue weighted by molar-refractivity contribution is 0.0491. The van der Waals surface area contributed by atoms with Crippen molar-refractivity contribution < 1.29 is 22.7 Å². The van der Waals surface area contributed by atoms with Crippen molar-refractivity contribution in [1.29, 1.82) is 0 Å². The number of fused-ring (bicyclic) bond motifs is 3. The van der Waals surface area contributed by atoms with Gasteiger partial charge in [-0.15, -0.1) is 0 Å². The summed E-state index contributed by atoms with van der Waals surface area (Å²) in [6, 6.07) is 8.57. The Kier molecular flexibility index (Phi) is 5.96. The van der Waals surface area contributed by atoms with Gasteiger partial charge < -0.3 is 9.15 Å². The molecule has 0 amide bonds. The molecule has 0 atom stereocenters. The highest BCUT2D eigenvalue weighted by molar-refractivity contribution is 6.31. The first kappa shape index (κ1) is 22.6. The Hall–Kier alpha value is -4.18. The minimum absolute atomic E-state index is 0.0108. The van der Waals surface area contributed by atoms with Crippen LogP contribution in [0.25, 0.3) is 11.3 Å². The third kappa shape index (κ3) is 4.35. The first-order chi connectivity index (χ1) is 16.9. The molecule has 2 aromatic carbocycles. The van der Waals surface area contributed by atoms with Crippen LogP contribution < -0.4 is 5.32 Å². The molecular formula is C24H16ClF2N5O3. The molecule has 0 fully saturated rings. The van der Waals surface area contributed by atoms with Gasteiger partial charge in [0.1, 0.15) is 11.6 Å². The number of benzene rings is 2. The standard InChI is InChI=1S/C24H16ClF2N5O3/c1-2-34-22(33)18-11-30-24(35-18)32-23-29-10-12-9-28-21(19-16(26)4-3-5-17(19)27)15-8-13(25)6-7-14(15)20(12)31-23/h3-8,10-11H,2,9H2,1H3,(H,29,30,31,32). The summed E-state index contributed by atoms with van der Waals surface area (Å²) in [6.45, 7) is 1.95. The molecule has 5 rings (SSSR count). The number of ether oxygens (including phenoxy) is 1. The molecule has 0 bridgehead atoms. The smallest absolute Gasteiger partial charge is 0.376 e. The van der Waals surface area contributed by atoms with Gasteiger partial charge in [0, 0.05) is 27.9 Å². The minimum Gasteiger partial charge on any atom is -0.460 e. The highest BCUT2D eigenvalue weighted by Gasteiger charge is 2.25. The van der Waals surface area contributed by atoms with E-state index in [0.717, 1.165) is 0 Å². The molecule has 1 aliphatic heterocycles. The van der Waals surface area contributed by atoms with Crippen LogP contribution >= 0.6 is 11.6 Å². The molecule has 8 nitrogen and oxygen atoms in total. The van der Waals surface area contributed by atoms with E-state index in [1.165, 1.54) is 24.4 Å². The number of carbonyl (C=O) groups is 1. The molecular weight excluding hydrogens is 480 g/mol. The highest BCUT2D eigenvalue weighted by atomic mass is 35.5. The van der Waals surface area contributed by atoms with Crippen molar-refractivity contribution in [2.24, 2.45) is 4.99 Å². The van der Waals surface area contributed by atoms with Crippen LogP contribution in [0.4, 0.5) is 20.7 Å². The van der Waals surface area contributed by atoms with Crippen LogP contribution in [-0.4, -0.2) is 33.2 Å². The summed E-state index contributed by atoms with van der Waals surface area (Å²) in [4.78, 5) is 29.1. The summed E-state index contributed by atoms with van der Waals surface area (Å²) < 4.78 is 39.6. The van der Waals surface area contributed by atoms with Crippen molar-refractivity contribution in [3.05, 3.63) is 87.9 Å². The molecule has 0 saturated carbocycles. The molecule has 11 heteroatoms. The fourth-order valence-electron chi connectivity index (χ4n) is 3.65. The fraction of sp³-hybridized carbons (Fsp3) is 0.125. The van der Waals surface area contributed by atoms with Gasteiger partial charge in [0.25, 0.3) is 0 Å². The largest absolute Gasteiger partial charge is 0.460 e. The molecule has 176 valence electrons. The van der Waals surface area contributed by atoms with Gasteiger partial charge in [0.05, 0.1) is 36.3 Å². The molecule has 1 N–H and O–H groups in total. The highest BCUT2D eigenvalue weighted by Crippen LogP contribution is 2.34. The van der Waals surface area contributed by atoms with Crippen LogP contribution in [0.5, 0.6) is 0 Å². The van der Waals surface area contributed by atoms with E-state index in [2.05, 4.69) is 25.3 Å². The van der Waals surface area contributed by atoms with E-state index in [1.54, 1.807) is 31.3 Å². The molecule has 1 aliphatic rings. The average Bonchev–Trinajstić information content (AvgIpc) is 3.24. The maximum atomic E-state index is 14.7. The zero-order valence-corrected chi connectivity index (χ0v) is 18.9. The summed E-state index contributed by atoms with van der Waals surface area (Å²) in [5, 5.41) is 3.17. The lowest BCUT2D eigenvalue weighted by Crippen LogP contribution is -2.10. The van der Waals surface area contributed by atoms with Gasteiger partial charge >= 0.3 is 12.0 Å². The number of aromatic nitrogens is 3. The van der Waals surface area contributed by atoms with Crippen molar-refractivity contribution in [2.45, 2.75) is 13.5 Å². The van der Waals surface area contributed by atoms with Crippen LogP contribution in [0.1, 0.15) is 34.2 Å². The predicted molar refractivity (Wildman–Crippen MR) is 124 cm³/mol. The third-order valence-corrected chi connectivity index (χ3v) is 5.40. The lowest BCUT2D eigenvalue weighted by Gasteiger charge is -2.13. The number of anilines is 2. The zero-order valence-electron chi connectivity index (χ0n) is 18.2. The summed E-state index contributed by atoms with van der Waals surface area (Å²) >= 11 is 6.23. The van der Waals surface area contributed by atoms with Crippen LogP contribution in [0, 0.1) is 11.6 Å². The van der Waals surface area contributed by atoms with E-state index in [1.807, 2.05) is 0 Å². The number of halogens is 3. The van der Waals surface area contributed by atoms with Crippen LogP contribution in [0.3, 0.4) is 0 Å². The van der Waals surface area contributed by atoms with Gasteiger partial charge in [-0.2, -0.15) is 0 Å². The number of nitrogens with zero attached hydrogens (tertiary/aromatic N) is 4. The van der Waals surface area contributed by atoms with Crippen molar-refractivity contribution >= 4 is 35.2 Å². The first-order valence-electron chi connectivity index (χ1n) is 10.5. The molecule has 0 unspecified atom stereocenters. The van der Waals surface area contributed by atoms with E-state index < -0.39 is 17.6 Å². The van der Waals surface area contributed by atoms with Gasteiger partial charge in [-0.1, -0.05) is 23.7 Å². The number of esters is 1. The fourth-order valence-corrected chi connectivity index (χ4v) is 3.82. The number of aliphatic imine (C=N–C) groups is 1. The monoisotopic (exact) mass is 495 g/mol. The van der Waals surface area contributed by atoms with Crippen molar-refractivity contribution in [2.75, 3.05) is 11.9 Å². The van der Waals surface area contributed by atoms with Gasteiger partial charge in [-0.3, -0.25) is 10.3 Å². The maximum Gasteiger partial charge on any atom is 0.376 e. The Labute approximate surface area is 202 Å². The molecule has 2 aromatic heterocycles. The number of oxazole rings is 1. The van der Waals surface area contributed by atoms with Crippen LogP contribution in [0.15, 0.2) is 58.2 Å². The van der Waals surface area contributed by atoms with Gasteiger partial charge in [0.15, 0.2) is 0 Å². The van der Waals surface area contributed by atoms with Gasteiger partial charge in [-0.25, -0.2) is 28.5 Å². The Bertz CT molecular complexity index is 1470. The number of hydrogen-bond donors (Lipinski definition) is 1. The van der Waals surface area contributed by atoms with E-state index in [4.69, 9.17) is 20.8 Å². The second-order valence-corrected chi connectivity index (χ2v) is 7.83. The number of carbonyl (C=O) groups excluding carboxylic acids is 1. The van der Waals surface area contributed by atoms with E-state index in [-0.39, 0.29) is 42.2 Å². The summed E-state index contributed by atoms with van der Waals surface area (Å²) in [7, 11) is 0. The van der Waals surface area contributed by atoms with Crippen LogP contribution in [0.2, 0.25) is 5.02 Å². The van der Waals surface area contributed by atoms with Gasteiger partial charge in [0.2, 0.25) is 11.7 Å². The Morgan fingerprint density at radius 1 is 1.14 bits per heavy atom. The molecule has 35 heavy (non-hydrogen) atoms. The van der Waals surface area contributed by atoms with E-state index >= 15 is 0 Å². The minimum atomic E-state index is -0.740.